The Morgan fingerprint density at radius 2 is 0.817 bits per heavy atom. The van der Waals surface area contributed by atoms with Crippen LogP contribution in [0.5, 0.6) is 0 Å². The van der Waals surface area contributed by atoms with Crippen LogP contribution >= 0.6 is 23.5 Å². The van der Waals surface area contributed by atoms with Gasteiger partial charge in [-0.05, 0) is 36.4 Å². The van der Waals surface area contributed by atoms with Crippen molar-refractivity contribution >= 4 is 65.3 Å². The van der Waals surface area contributed by atoms with Gasteiger partial charge in [0.15, 0.2) is 24.4 Å². The lowest BCUT2D eigenvalue weighted by Gasteiger charge is -2.48. The topological polar surface area (TPSA) is 203 Å². The third kappa shape index (κ3) is 12.3. The van der Waals surface area contributed by atoms with Crippen LogP contribution in [0.25, 0.3) is 0 Å². The molecule has 0 N–H and O–H groups in total. The van der Waals surface area contributed by atoms with Gasteiger partial charge in [-0.1, -0.05) is 54.6 Å². The number of methoxy groups -OCH3 is 1. The maximum absolute atomic E-state index is 13.9. The van der Waals surface area contributed by atoms with E-state index in [1.807, 2.05) is 0 Å². The van der Waals surface area contributed by atoms with Crippen LogP contribution in [0.4, 0.5) is 0 Å². The van der Waals surface area contributed by atoms with Gasteiger partial charge in [0.2, 0.25) is 0 Å². The van der Waals surface area contributed by atoms with E-state index in [-0.39, 0.29) is 29.9 Å². The minimum atomic E-state index is -1.53. The van der Waals surface area contributed by atoms with Crippen LogP contribution in [-0.4, -0.2) is 120 Å². The largest absolute Gasteiger partial charge is 0.465 e. The van der Waals surface area contributed by atoms with E-state index in [0.29, 0.717) is 0 Å². The van der Waals surface area contributed by atoms with Crippen LogP contribution in [0.2, 0.25) is 0 Å². The van der Waals surface area contributed by atoms with Gasteiger partial charge in [0.05, 0.1) is 27.2 Å². The van der Waals surface area contributed by atoms with Crippen molar-refractivity contribution in [2.24, 2.45) is 0 Å². The number of thioether (sulfide) groups is 2. The first-order valence-corrected chi connectivity index (χ1v) is 20.5. The number of hydrogen-bond acceptors (Lipinski definition) is 18. The van der Waals surface area contributed by atoms with Gasteiger partial charge >= 0.3 is 41.8 Å². The molecule has 0 amide bonds. The Hall–Kier alpha value is -5.43. The number of ether oxygens (including phenoxy) is 9. The Kier molecular flexibility index (Phi) is 16.5. The van der Waals surface area contributed by atoms with Crippen molar-refractivity contribution in [3.63, 3.8) is 0 Å². The number of carbonyl (C=O) groups excluding carboxylic acids is 7. The molecule has 0 aliphatic carbocycles. The Morgan fingerprint density at radius 1 is 0.433 bits per heavy atom. The summed E-state index contributed by atoms with van der Waals surface area (Å²) in [5.41, 5.74) is -1.90. The van der Waals surface area contributed by atoms with Crippen LogP contribution < -0.4 is 0 Å². The van der Waals surface area contributed by atoms with Crippen molar-refractivity contribution in [1.82, 2.24) is 0 Å². The average Bonchev–Trinajstić information content (AvgIpc) is 3.23. The fraction of sp³-hybridized carbons (Fsp3) is 0.405. The molecule has 2 heterocycles. The quantitative estimate of drug-likeness (QED) is 0.152. The first-order chi connectivity index (χ1) is 28.7. The fourth-order valence-electron chi connectivity index (χ4n) is 6.43. The molecule has 0 radical (unpaired) electrons. The number of rotatable bonds is 15. The molecule has 0 bridgehead atoms. The SMILES string of the molecule is CO[C@H]1S[C@H](COC(=O)c2ccccc2)[C@@H](OC(=O)c2ccccc2)[C@H](O[C@H]2S[C@H](COC(C)=O)[C@@H](OC(C)=O)[C@H](OC(C)=O)[C@H]2OC(C)=O)[C@@H]1OC(=O)c1ccccc1. The minimum absolute atomic E-state index is 0.151. The summed E-state index contributed by atoms with van der Waals surface area (Å²) in [5.74, 6) is -5.44. The summed E-state index contributed by atoms with van der Waals surface area (Å²) in [4.78, 5) is 90.8. The Morgan fingerprint density at radius 3 is 1.28 bits per heavy atom. The first kappa shape index (κ1) is 45.7. The molecule has 0 spiro atoms. The summed E-state index contributed by atoms with van der Waals surface area (Å²) in [6.07, 6.45) is -8.71. The molecule has 0 aromatic heterocycles. The Balaban J connectivity index is 1.63. The van der Waals surface area contributed by atoms with E-state index >= 15 is 0 Å². The van der Waals surface area contributed by atoms with Crippen LogP contribution in [0.3, 0.4) is 0 Å². The van der Waals surface area contributed by atoms with E-state index in [1.54, 1.807) is 66.7 Å². The van der Waals surface area contributed by atoms with Crippen LogP contribution in [0.15, 0.2) is 91.0 Å². The Bertz CT molecular complexity index is 1970. The van der Waals surface area contributed by atoms with E-state index in [4.69, 9.17) is 42.6 Å². The maximum Gasteiger partial charge on any atom is 0.338 e. The summed E-state index contributed by atoms with van der Waals surface area (Å²) in [7, 11) is 1.36. The van der Waals surface area contributed by atoms with E-state index in [1.165, 1.54) is 38.3 Å². The lowest BCUT2D eigenvalue weighted by atomic mass is 10.0. The number of hydrogen-bond donors (Lipinski definition) is 0. The minimum Gasteiger partial charge on any atom is -0.465 e. The molecule has 16 nitrogen and oxygen atoms in total. The summed E-state index contributed by atoms with van der Waals surface area (Å²) >= 11 is 1.95. The second kappa shape index (κ2) is 21.7. The Labute approximate surface area is 354 Å². The highest BCUT2D eigenvalue weighted by Crippen LogP contribution is 2.44. The normalized spacial score (nSPS) is 26.0. The highest BCUT2D eigenvalue weighted by Gasteiger charge is 2.57. The van der Waals surface area contributed by atoms with E-state index < -0.39 is 99.8 Å². The van der Waals surface area contributed by atoms with Gasteiger partial charge in [0, 0.05) is 34.8 Å². The van der Waals surface area contributed by atoms with Crippen molar-refractivity contribution in [3.8, 4) is 0 Å². The van der Waals surface area contributed by atoms with Crippen molar-refractivity contribution < 1.29 is 76.2 Å². The smallest absolute Gasteiger partial charge is 0.338 e. The van der Waals surface area contributed by atoms with Gasteiger partial charge in [-0.3, -0.25) is 19.2 Å². The molecule has 10 atom stereocenters. The van der Waals surface area contributed by atoms with Crippen LogP contribution in [-0.2, 0) is 61.8 Å². The van der Waals surface area contributed by atoms with Gasteiger partial charge in [-0.25, -0.2) is 14.4 Å². The number of carbonyl (C=O) groups is 7. The van der Waals surface area contributed by atoms with E-state index in [0.717, 1.165) is 44.3 Å². The zero-order valence-electron chi connectivity index (χ0n) is 33.2. The molecule has 2 fully saturated rings. The molecule has 0 unspecified atom stereocenters. The van der Waals surface area contributed by atoms with Crippen molar-refractivity contribution in [2.45, 2.75) is 85.7 Å². The molecule has 18 heteroatoms. The third-order valence-electron chi connectivity index (χ3n) is 8.96. The molecule has 60 heavy (non-hydrogen) atoms. The zero-order valence-corrected chi connectivity index (χ0v) is 34.8. The highest BCUT2D eigenvalue weighted by atomic mass is 32.2. The summed E-state index contributed by atoms with van der Waals surface area (Å²) in [5, 5.41) is -1.96. The average molecular weight is 869 g/mol. The van der Waals surface area contributed by atoms with Crippen LogP contribution in [0, 0.1) is 0 Å². The van der Waals surface area contributed by atoms with Gasteiger partial charge in [-0.2, -0.15) is 0 Å². The number of esters is 7. The fourth-order valence-corrected chi connectivity index (χ4v) is 9.17. The maximum atomic E-state index is 13.9. The molecule has 3 aromatic carbocycles. The molecule has 3 aromatic rings. The summed E-state index contributed by atoms with van der Waals surface area (Å²) < 4.78 is 53.1. The van der Waals surface area contributed by atoms with Crippen molar-refractivity contribution in [3.05, 3.63) is 108 Å². The lowest BCUT2D eigenvalue weighted by molar-refractivity contribution is -0.207. The molecule has 0 saturated carbocycles. The van der Waals surface area contributed by atoms with E-state index in [9.17, 15) is 33.6 Å². The monoisotopic (exact) mass is 868 g/mol. The van der Waals surface area contributed by atoms with Gasteiger partial charge in [0.25, 0.3) is 0 Å². The molecule has 2 aliphatic heterocycles. The highest BCUT2D eigenvalue weighted by molar-refractivity contribution is 8.00. The second-order valence-electron chi connectivity index (χ2n) is 13.4. The van der Waals surface area contributed by atoms with Crippen molar-refractivity contribution in [1.29, 1.82) is 0 Å². The standard InChI is InChI=1S/C42H44O16S2/c1-23(43)51-21-30-32(53-24(2)44)34(54-25(3)45)37(55-26(4)46)42(60-30)58-35-33(56-39(48)28-17-11-7-12-18-28)31(22-52-38(47)27-15-9-6-10-16-27)59-41(50-5)36(35)57-40(49)29-19-13-8-14-20-29/h6-20,30-37,41-42H,21-22H2,1-5H3/t30-,31-,32-,33-,34+,35+,36+,37-,41+,42+/m1/s1. The molecule has 2 aliphatic rings. The third-order valence-corrected chi connectivity index (χ3v) is 11.8. The molecule has 320 valence electrons. The van der Waals surface area contributed by atoms with Crippen molar-refractivity contribution in [2.75, 3.05) is 20.3 Å². The molecule has 5 rings (SSSR count). The molecular weight excluding hydrogens is 825 g/mol. The van der Waals surface area contributed by atoms with Gasteiger partial charge in [-0.15, -0.1) is 23.5 Å². The van der Waals surface area contributed by atoms with Gasteiger partial charge < -0.3 is 42.6 Å². The number of benzene rings is 3. The molecular formula is C42H44O16S2. The lowest BCUT2D eigenvalue weighted by Crippen LogP contribution is -2.63. The first-order valence-electron chi connectivity index (χ1n) is 18.6. The van der Waals surface area contributed by atoms with Gasteiger partial charge in [0.1, 0.15) is 36.3 Å². The van der Waals surface area contributed by atoms with Crippen LogP contribution in [0.1, 0.15) is 58.8 Å². The summed E-state index contributed by atoms with van der Waals surface area (Å²) in [6.45, 7) is 3.72. The second-order valence-corrected chi connectivity index (χ2v) is 16.1. The summed E-state index contributed by atoms with van der Waals surface area (Å²) in [6, 6.07) is 24.2. The zero-order chi connectivity index (χ0) is 43.3. The van der Waals surface area contributed by atoms with E-state index in [2.05, 4.69) is 0 Å². The molecule has 2 saturated heterocycles. The predicted molar refractivity (Wildman–Crippen MR) is 214 cm³/mol. The predicted octanol–water partition coefficient (Wildman–Crippen LogP) is 4.57.